The lowest BCUT2D eigenvalue weighted by Gasteiger charge is -2.42. The van der Waals surface area contributed by atoms with Crippen molar-refractivity contribution >= 4 is 5.91 Å². The van der Waals surface area contributed by atoms with Crippen LogP contribution in [0.4, 0.5) is 0 Å². The number of nitrogens with zero attached hydrogens (tertiary/aromatic N) is 1. The molecule has 4 heteroatoms. The molecule has 2 aliphatic rings. The van der Waals surface area contributed by atoms with Crippen molar-refractivity contribution in [3.63, 3.8) is 0 Å². The van der Waals surface area contributed by atoms with E-state index in [0.29, 0.717) is 12.1 Å². The topological polar surface area (TPSA) is 44.4 Å². The highest BCUT2D eigenvalue weighted by atomic mass is 16.2. The van der Waals surface area contributed by atoms with Crippen molar-refractivity contribution in [3.8, 4) is 0 Å². The van der Waals surface area contributed by atoms with Gasteiger partial charge in [0.15, 0.2) is 0 Å². The molecule has 2 aliphatic heterocycles. The van der Waals surface area contributed by atoms with E-state index < -0.39 is 0 Å². The van der Waals surface area contributed by atoms with Crippen LogP contribution >= 0.6 is 0 Å². The van der Waals surface area contributed by atoms with Gasteiger partial charge in [-0.1, -0.05) is 6.42 Å². The fourth-order valence-electron chi connectivity index (χ4n) is 3.34. The van der Waals surface area contributed by atoms with Crippen LogP contribution in [0.1, 0.15) is 45.4 Å². The number of likely N-dealkylation sites (N-methyl/N-ethyl adjacent to an activating group) is 1. The Hall–Kier alpha value is -0.610. The van der Waals surface area contributed by atoms with E-state index in [1.807, 2.05) is 7.05 Å². The average molecular weight is 253 g/mol. The summed E-state index contributed by atoms with van der Waals surface area (Å²) in [5.74, 6) is 0.253. The molecule has 0 bridgehead atoms. The molecule has 2 saturated heterocycles. The van der Waals surface area contributed by atoms with Crippen molar-refractivity contribution in [2.24, 2.45) is 0 Å². The van der Waals surface area contributed by atoms with E-state index in [9.17, 15) is 4.79 Å². The van der Waals surface area contributed by atoms with Crippen LogP contribution in [-0.2, 0) is 4.79 Å². The standard InChI is InChI=1S/C14H27N3O/c1-11(15-2)12-7-4-6-10-17(12)13-8-3-5-9-16-14(13)18/h11-13,15H,3-10H2,1-2H3,(H,16,18). The first kappa shape index (κ1) is 13.8. The second-order valence-electron chi connectivity index (χ2n) is 5.68. The summed E-state index contributed by atoms with van der Waals surface area (Å²) >= 11 is 0. The van der Waals surface area contributed by atoms with Crippen LogP contribution in [0, 0.1) is 0 Å². The highest BCUT2D eigenvalue weighted by molar-refractivity contribution is 5.82. The first-order chi connectivity index (χ1) is 8.74. The number of hydrogen-bond donors (Lipinski definition) is 2. The van der Waals surface area contributed by atoms with Crippen LogP contribution in [0.3, 0.4) is 0 Å². The highest BCUT2D eigenvalue weighted by Gasteiger charge is 2.35. The van der Waals surface area contributed by atoms with E-state index in [-0.39, 0.29) is 11.9 Å². The first-order valence-electron chi connectivity index (χ1n) is 7.44. The van der Waals surface area contributed by atoms with Gasteiger partial charge in [0.2, 0.25) is 5.91 Å². The van der Waals surface area contributed by atoms with Crippen molar-refractivity contribution in [1.82, 2.24) is 15.5 Å². The predicted octanol–water partition coefficient (Wildman–Crippen LogP) is 1.12. The molecule has 0 aromatic rings. The van der Waals surface area contributed by atoms with E-state index in [2.05, 4.69) is 22.5 Å². The maximum absolute atomic E-state index is 12.2. The molecular formula is C14H27N3O. The molecule has 0 aromatic carbocycles. The minimum atomic E-state index is 0.105. The van der Waals surface area contributed by atoms with Crippen LogP contribution in [-0.4, -0.2) is 49.1 Å². The minimum Gasteiger partial charge on any atom is -0.355 e. The Balaban J connectivity index is 2.08. The van der Waals surface area contributed by atoms with Crippen LogP contribution in [0.15, 0.2) is 0 Å². The summed E-state index contributed by atoms with van der Waals surface area (Å²) in [6, 6.07) is 1.08. The highest BCUT2D eigenvalue weighted by Crippen LogP contribution is 2.25. The monoisotopic (exact) mass is 253 g/mol. The van der Waals surface area contributed by atoms with Gasteiger partial charge in [-0.3, -0.25) is 9.69 Å². The molecule has 1 amide bonds. The zero-order chi connectivity index (χ0) is 13.0. The molecule has 0 spiro atoms. The maximum atomic E-state index is 12.2. The summed E-state index contributed by atoms with van der Waals surface area (Å²) in [5.41, 5.74) is 0. The van der Waals surface area contributed by atoms with E-state index in [1.54, 1.807) is 0 Å². The summed E-state index contributed by atoms with van der Waals surface area (Å²) in [4.78, 5) is 14.7. The van der Waals surface area contributed by atoms with Gasteiger partial charge in [0.25, 0.3) is 0 Å². The molecule has 2 rings (SSSR count). The average Bonchev–Trinajstić information content (AvgIpc) is 2.62. The third-order valence-corrected chi connectivity index (χ3v) is 4.53. The molecule has 0 aliphatic carbocycles. The second-order valence-corrected chi connectivity index (χ2v) is 5.68. The molecule has 2 fully saturated rings. The molecule has 104 valence electrons. The van der Waals surface area contributed by atoms with Gasteiger partial charge in [-0.15, -0.1) is 0 Å². The van der Waals surface area contributed by atoms with Crippen molar-refractivity contribution in [1.29, 1.82) is 0 Å². The number of amides is 1. The number of piperidine rings is 1. The molecule has 2 heterocycles. The molecule has 3 unspecified atom stereocenters. The lowest BCUT2D eigenvalue weighted by molar-refractivity contribution is -0.128. The van der Waals surface area contributed by atoms with Crippen molar-refractivity contribution in [2.45, 2.75) is 63.6 Å². The smallest absolute Gasteiger partial charge is 0.237 e. The zero-order valence-electron chi connectivity index (χ0n) is 11.7. The number of nitrogens with one attached hydrogen (secondary N) is 2. The van der Waals surface area contributed by atoms with Crippen molar-refractivity contribution < 1.29 is 4.79 Å². The number of carbonyl (C=O) groups excluding carboxylic acids is 1. The Morgan fingerprint density at radius 1 is 1.28 bits per heavy atom. The molecular weight excluding hydrogens is 226 g/mol. The summed E-state index contributed by atoms with van der Waals surface area (Å²) < 4.78 is 0. The molecule has 0 saturated carbocycles. The molecule has 0 aromatic heterocycles. The molecule has 2 N–H and O–H groups in total. The summed E-state index contributed by atoms with van der Waals surface area (Å²) in [7, 11) is 2.02. The van der Waals surface area contributed by atoms with Crippen LogP contribution < -0.4 is 10.6 Å². The first-order valence-corrected chi connectivity index (χ1v) is 7.44. The van der Waals surface area contributed by atoms with Gasteiger partial charge in [0.05, 0.1) is 6.04 Å². The van der Waals surface area contributed by atoms with E-state index >= 15 is 0 Å². The summed E-state index contributed by atoms with van der Waals surface area (Å²) in [6.07, 6.45) is 7.06. The van der Waals surface area contributed by atoms with Crippen molar-refractivity contribution in [3.05, 3.63) is 0 Å². The third kappa shape index (κ3) is 3.04. The van der Waals surface area contributed by atoms with Gasteiger partial charge in [-0.25, -0.2) is 0 Å². The number of carbonyl (C=O) groups is 1. The minimum absolute atomic E-state index is 0.105. The zero-order valence-corrected chi connectivity index (χ0v) is 11.7. The molecule has 18 heavy (non-hydrogen) atoms. The van der Waals surface area contributed by atoms with Gasteiger partial charge in [-0.05, 0) is 52.6 Å². The summed E-state index contributed by atoms with van der Waals surface area (Å²) in [5, 5.41) is 6.43. The number of hydrogen-bond acceptors (Lipinski definition) is 3. The van der Waals surface area contributed by atoms with Gasteiger partial charge in [0, 0.05) is 18.6 Å². The molecule has 3 atom stereocenters. The van der Waals surface area contributed by atoms with E-state index in [1.165, 1.54) is 25.7 Å². The Bertz CT molecular complexity index is 282. The van der Waals surface area contributed by atoms with Gasteiger partial charge < -0.3 is 10.6 Å². The second kappa shape index (κ2) is 6.53. The Kier molecular flexibility index (Phi) is 5.01. The number of likely N-dealkylation sites (tertiary alicyclic amines) is 1. The number of rotatable bonds is 3. The maximum Gasteiger partial charge on any atom is 0.237 e. The normalized spacial score (nSPS) is 32.7. The van der Waals surface area contributed by atoms with E-state index in [4.69, 9.17) is 0 Å². The van der Waals surface area contributed by atoms with Gasteiger partial charge in [-0.2, -0.15) is 0 Å². The lowest BCUT2D eigenvalue weighted by atomic mass is 9.93. The Labute approximate surface area is 110 Å². The third-order valence-electron chi connectivity index (χ3n) is 4.53. The molecule has 0 radical (unpaired) electrons. The SMILES string of the molecule is CNC(C)C1CCCCN1C1CCCCNC1=O. The Morgan fingerprint density at radius 3 is 2.83 bits per heavy atom. The van der Waals surface area contributed by atoms with Gasteiger partial charge >= 0.3 is 0 Å². The van der Waals surface area contributed by atoms with E-state index in [0.717, 1.165) is 25.9 Å². The fraction of sp³-hybridized carbons (Fsp3) is 0.929. The Morgan fingerprint density at radius 2 is 2.06 bits per heavy atom. The van der Waals surface area contributed by atoms with Crippen LogP contribution in [0.5, 0.6) is 0 Å². The predicted molar refractivity (Wildman–Crippen MR) is 73.5 cm³/mol. The van der Waals surface area contributed by atoms with Crippen LogP contribution in [0.2, 0.25) is 0 Å². The summed E-state index contributed by atoms with van der Waals surface area (Å²) in [6.45, 7) is 4.17. The largest absolute Gasteiger partial charge is 0.355 e. The van der Waals surface area contributed by atoms with Gasteiger partial charge in [0.1, 0.15) is 0 Å². The quantitative estimate of drug-likeness (QED) is 0.792. The molecule has 4 nitrogen and oxygen atoms in total. The van der Waals surface area contributed by atoms with Crippen molar-refractivity contribution in [2.75, 3.05) is 20.1 Å². The lowest BCUT2D eigenvalue weighted by Crippen LogP contribution is -2.57. The fourth-order valence-corrected chi connectivity index (χ4v) is 3.34. The van der Waals surface area contributed by atoms with Crippen LogP contribution in [0.25, 0.3) is 0 Å².